The van der Waals surface area contributed by atoms with Crippen LogP contribution in [0.3, 0.4) is 0 Å². The van der Waals surface area contributed by atoms with Gasteiger partial charge >= 0.3 is 6.03 Å². The van der Waals surface area contributed by atoms with Crippen molar-refractivity contribution in [3.63, 3.8) is 0 Å². The number of para-hydroxylation sites is 1. The Bertz CT molecular complexity index is 1200. The minimum Gasteiger partial charge on any atom is -0.457 e. The lowest BCUT2D eigenvalue weighted by atomic mass is 10.0. The van der Waals surface area contributed by atoms with Gasteiger partial charge < -0.3 is 9.64 Å². The molecule has 11 nitrogen and oxygen atoms in total. The summed E-state index contributed by atoms with van der Waals surface area (Å²) in [5, 5.41) is 9.19. The first-order chi connectivity index (χ1) is 16.4. The molecule has 188 valence electrons. The molecule has 3 rings (SSSR count). The van der Waals surface area contributed by atoms with Crippen LogP contribution in [-0.2, 0) is 19.6 Å². The molecule has 0 aliphatic carbocycles. The second-order valence-corrected chi connectivity index (χ2v) is 10.5. The predicted octanol–water partition coefficient (Wildman–Crippen LogP) is 2.04. The number of hydrogen-bond donors (Lipinski definition) is 2. The fraction of sp³-hybridized carbons (Fsp3) is 0.348. The van der Waals surface area contributed by atoms with E-state index < -0.39 is 39.4 Å². The van der Waals surface area contributed by atoms with Gasteiger partial charge in [-0.3, -0.25) is 19.7 Å². The molecular formula is C23H28N4O7S. The van der Waals surface area contributed by atoms with Crippen molar-refractivity contribution in [1.82, 2.24) is 19.6 Å². The van der Waals surface area contributed by atoms with Gasteiger partial charge in [0.2, 0.25) is 10.0 Å². The van der Waals surface area contributed by atoms with Crippen LogP contribution in [0.2, 0.25) is 0 Å². The average molecular weight is 505 g/mol. The molecule has 35 heavy (non-hydrogen) atoms. The van der Waals surface area contributed by atoms with E-state index in [9.17, 15) is 28.0 Å². The van der Waals surface area contributed by atoms with Crippen molar-refractivity contribution in [3.05, 3.63) is 54.6 Å². The van der Waals surface area contributed by atoms with Gasteiger partial charge in [-0.2, -0.15) is 4.31 Å². The number of benzene rings is 2. The molecule has 1 saturated heterocycles. The largest absolute Gasteiger partial charge is 0.457 e. The van der Waals surface area contributed by atoms with Crippen molar-refractivity contribution in [2.24, 2.45) is 0 Å². The molecule has 1 unspecified atom stereocenters. The summed E-state index contributed by atoms with van der Waals surface area (Å²) in [7, 11) is -1.51. The molecular weight excluding hydrogens is 476 g/mol. The van der Waals surface area contributed by atoms with Gasteiger partial charge in [0.05, 0.1) is 4.90 Å². The van der Waals surface area contributed by atoms with Crippen molar-refractivity contribution >= 4 is 27.9 Å². The summed E-state index contributed by atoms with van der Waals surface area (Å²) in [6.07, 6.45) is -0.223. The number of carbonyl (C=O) groups is 3. The zero-order valence-electron chi connectivity index (χ0n) is 19.8. The van der Waals surface area contributed by atoms with Gasteiger partial charge in [0.25, 0.3) is 11.8 Å². The third-order valence-corrected chi connectivity index (χ3v) is 7.96. The van der Waals surface area contributed by atoms with Crippen LogP contribution < -0.4 is 10.2 Å². The fourth-order valence-electron chi connectivity index (χ4n) is 3.62. The SMILES string of the molecule is CN1C(=O)N(CCC(C(=O)NO)N(C)S(=O)(=O)c2ccc(Oc3ccccc3)cc2)C(=O)C1(C)C. The number of imide groups is 1. The first-order valence-electron chi connectivity index (χ1n) is 10.8. The Morgan fingerprint density at radius 2 is 1.66 bits per heavy atom. The maximum Gasteiger partial charge on any atom is 0.327 e. The Balaban J connectivity index is 1.77. The average Bonchev–Trinajstić information content (AvgIpc) is 2.99. The topological polar surface area (TPSA) is 137 Å². The molecule has 1 atom stereocenters. The molecule has 2 aromatic carbocycles. The summed E-state index contributed by atoms with van der Waals surface area (Å²) in [6.45, 7) is 2.97. The second kappa shape index (κ2) is 10.0. The standard InChI is InChI=1S/C23H28N4O7S/c1-23(2)21(29)27(22(30)25(23)3)15-14-19(20(28)24-31)26(4)35(32,33)18-12-10-17(11-13-18)34-16-8-6-5-7-9-16/h5-13,19,31H,14-15H2,1-4H3,(H,24,28). The van der Waals surface area contributed by atoms with E-state index in [2.05, 4.69) is 0 Å². The first-order valence-corrected chi connectivity index (χ1v) is 12.2. The molecule has 1 aliphatic rings. The lowest BCUT2D eigenvalue weighted by Gasteiger charge is -2.27. The number of hydroxylamine groups is 1. The molecule has 2 N–H and O–H groups in total. The van der Waals surface area contributed by atoms with Crippen LogP contribution in [0.5, 0.6) is 11.5 Å². The summed E-state index contributed by atoms with van der Waals surface area (Å²) < 4.78 is 32.9. The normalized spacial score (nSPS) is 16.5. The number of sulfonamides is 1. The number of hydrogen-bond acceptors (Lipinski definition) is 7. The molecule has 2 aromatic rings. The van der Waals surface area contributed by atoms with Crippen LogP contribution in [0.1, 0.15) is 20.3 Å². The molecule has 1 heterocycles. The summed E-state index contributed by atoms with van der Waals surface area (Å²) in [4.78, 5) is 39.6. The lowest BCUT2D eigenvalue weighted by molar-refractivity contribution is -0.135. The number of nitrogens with zero attached hydrogens (tertiary/aromatic N) is 3. The van der Waals surface area contributed by atoms with Crippen LogP contribution in [-0.4, -0.2) is 77.8 Å². The number of carbonyl (C=O) groups excluding carboxylic acids is 3. The van der Waals surface area contributed by atoms with Gasteiger partial charge in [-0.05, 0) is 56.7 Å². The third kappa shape index (κ3) is 5.14. The van der Waals surface area contributed by atoms with Crippen LogP contribution in [0.15, 0.2) is 59.5 Å². The quantitative estimate of drug-likeness (QED) is 0.303. The van der Waals surface area contributed by atoms with Crippen molar-refractivity contribution in [2.75, 3.05) is 20.6 Å². The minimum absolute atomic E-state index is 0.106. The van der Waals surface area contributed by atoms with Gasteiger partial charge in [-0.1, -0.05) is 18.2 Å². The first kappa shape index (κ1) is 26.1. The second-order valence-electron chi connectivity index (χ2n) is 8.55. The van der Waals surface area contributed by atoms with Crippen LogP contribution in [0, 0.1) is 0 Å². The van der Waals surface area contributed by atoms with Crippen LogP contribution in [0.4, 0.5) is 4.79 Å². The smallest absolute Gasteiger partial charge is 0.327 e. The van der Waals surface area contributed by atoms with E-state index in [1.54, 1.807) is 38.1 Å². The van der Waals surface area contributed by atoms with E-state index in [1.165, 1.54) is 48.7 Å². The third-order valence-electron chi connectivity index (χ3n) is 6.08. The molecule has 0 aromatic heterocycles. The Kier molecular flexibility index (Phi) is 7.48. The van der Waals surface area contributed by atoms with Crippen LogP contribution in [0.25, 0.3) is 0 Å². The van der Waals surface area contributed by atoms with E-state index in [4.69, 9.17) is 4.74 Å². The lowest BCUT2D eigenvalue weighted by Crippen LogP contribution is -2.49. The van der Waals surface area contributed by atoms with Gasteiger partial charge in [0, 0.05) is 20.6 Å². The number of rotatable bonds is 9. The molecule has 0 saturated carbocycles. The van der Waals surface area contributed by atoms with Gasteiger partial charge in [0.1, 0.15) is 23.1 Å². The van der Waals surface area contributed by atoms with E-state index >= 15 is 0 Å². The predicted molar refractivity (Wildman–Crippen MR) is 125 cm³/mol. The zero-order valence-corrected chi connectivity index (χ0v) is 20.7. The van der Waals surface area contributed by atoms with Crippen molar-refractivity contribution in [1.29, 1.82) is 0 Å². The number of nitrogens with one attached hydrogen (secondary N) is 1. The molecule has 0 bridgehead atoms. The monoisotopic (exact) mass is 504 g/mol. The van der Waals surface area contributed by atoms with E-state index in [-0.39, 0.29) is 17.9 Å². The molecule has 1 aliphatic heterocycles. The number of amides is 4. The summed E-state index contributed by atoms with van der Waals surface area (Å²) in [5.74, 6) is -0.459. The number of likely N-dealkylation sites (N-methyl/N-ethyl adjacent to an activating group) is 2. The highest BCUT2D eigenvalue weighted by molar-refractivity contribution is 7.89. The number of urea groups is 1. The van der Waals surface area contributed by atoms with Gasteiger partial charge in [0.15, 0.2) is 0 Å². The Morgan fingerprint density at radius 1 is 1.09 bits per heavy atom. The van der Waals surface area contributed by atoms with Crippen molar-refractivity contribution < 1.29 is 32.7 Å². The van der Waals surface area contributed by atoms with E-state index in [0.717, 1.165) is 9.21 Å². The maximum absolute atomic E-state index is 13.2. The Labute approximate surface area is 203 Å². The summed E-state index contributed by atoms with van der Waals surface area (Å²) >= 11 is 0. The molecule has 0 radical (unpaired) electrons. The van der Waals surface area contributed by atoms with Gasteiger partial charge in [-0.15, -0.1) is 0 Å². The van der Waals surface area contributed by atoms with E-state index in [0.29, 0.717) is 11.5 Å². The van der Waals surface area contributed by atoms with E-state index in [1.807, 2.05) is 6.07 Å². The molecule has 4 amide bonds. The van der Waals surface area contributed by atoms with Crippen LogP contribution >= 0.6 is 0 Å². The Hall–Kier alpha value is -3.48. The maximum atomic E-state index is 13.2. The summed E-state index contributed by atoms with van der Waals surface area (Å²) in [5.41, 5.74) is 0.403. The highest BCUT2D eigenvalue weighted by atomic mass is 32.2. The van der Waals surface area contributed by atoms with Crippen molar-refractivity contribution in [3.8, 4) is 11.5 Å². The highest BCUT2D eigenvalue weighted by Crippen LogP contribution is 2.28. The van der Waals surface area contributed by atoms with Gasteiger partial charge in [-0.25, -0.2) is 18.7 Å². The molecule has 0 spiro atoms. The zero-order chi connectivity index (χ0) is 26.0. The minimum atomic E-state index is -4.18. The molecule has 12 heteroatoms. The number of ether oxygens (including phenoxy) is 1. The fourth-order valence-corrected chi connectivity index (χ4v) is 4.97. The Morgan fingerprint density at radius 3 is 2.17 bits per heavy atom. The van der Waals surface area contributed by atoms with Crippen molar-refractivity contribution in [2.45, 2.75) is 36.7 Å². The highest BCUT2D eigenvalue weighted by Gasteiger charge is 2.49. The summed E-state index contributed by atoms with van der Waals surface area (Å²) in [6, 6.07) is 12.6. The molecule has 1 fully saturated rings.